The number of hydrogen-bond donors (Lipinski definition) is 3. The van der Waals surface area contributed by atoms with Gasteiger partial charge in [-0.1, -0.05) is 42.5 Å². The van der Waals surface area contributed by atoms with Gasteiger partial charge in [0.25, 0.3) is 0 Å². The molecule has 2 rings (SSSR count). The molecular formula is C18H24IN3O2. The first kappa shape index (κ1) is 20.4. The van der Waals surface area contributed by atoms with E-state index in [9.17, 15) is 0 Å². The summed E-state index contributed by atoms with van der Waals surface area (Å²) < 4.78 is 5.17. The lowest BCUT2D eigenvalue weighted by molar-refractivity contribution is 0.185. The number of nitrogens with zero attached hydrogens (tertiary/aromatic N) is 1. The number of methoxy groups -OCH3 is 1. The molecule has 2 aromatic rings. The molecule has 0 saturated heterocycles. The van der Waals surface area contributed by atoms with Crippen LogP contribution >= 0.6 is 24.0 Å². The quantitative estimate of drug-likeness (QED) is 0.351. The first-order valence-electron chi connectivity index (χ1n) is 7.55. The van der Waals surface area contributed by atoms with Crippen LogP contribution in [0, 0.1) is 0 Å². The fourth-order valence-electron chi connectivity index (χ4n) is 2.22. The SMILES string of the molecule is COCc1ccccc1NC(N)=NCCc1ccc(CO)cc1.I. The van der Waals surface area contributed by atoms with Crippen molar-refractivity contribution in [2.24, 2.45) is 10.7 Å². The molecule has 24 heavy (non-hydrogen) atoms. The van der Waals surface area contributed by atoms with Gasteiger partial charge in [0.05, 0.1) is 13.2 Å². The van der Waals surface area contributed by atoms with Crippen molar-refractivity contribution in [1.82, 2.24) is 0 Å². The molecule has 0 amide bonds. The molecule has 0 fully saturated rings. The molecule has 5 nitrogen and oxygen atoms in total. The van der Waals surface area contributed by atoms with E-state index in [1.807, 2.05) is 48.5 Å². The maximum atomic E-state index is 9.02. The minimum atomic E-state index is 0. The average Bonchev–Trinajstić information content (AvgIpc) is 2.57. The van der Waals surface area contributed by atoms with Crippen molar-refractivity contribution in [3.05, 3.63) is 65.2 Å². The van der Waals surface area contributed by atoms with Crippen LogP contribution in [0.5, 0.6) is 0 Å². The molecule has 6 heteroatoms. The van der Waals surface area contributed by atoms with Crippen molar-refractivity contribution in [2.45, 2.75) is 19.6 Å². The van der Waals surface area contributed by atoms with Crippen molar-refractivity contribution in [2.75, 3.05) is 19.0 Å². The topological polar surface area (TPSA) is 79.9 Å². The number of rotatable bonds is 7. The van der Waals surface area contributed by atoms with Crippen LogP contribution in [0.3, 0.4) is 0 Å². The van der Waals surface area contributed by atoms with Crippen LogP contribution in [0.15, 0.2) is 53.5 Å². The van der Waals surface area contributed by atoms with Gasteiger partial charge in [0.15, 0.2) is 5.96 Å². The summed E-state index contributed by atoms with van der Waals surface area (Å²) in [7, 11) is 1.66. The van der Waals surface area contributed by atoms with E-state index in [0.29, 0.717) is 19.1 Å². The molecular weight excluding hydrogens is 417 g/mol. The fraction of sp³-hybridized carbons (Fsp3) is 0.278. The summed E-state index contributed by atoms with van der Waals surface area (Å²) in [5, 5.41) is 12.1. The standard InChI is InChI=1S/C18H23N3O2.HI/c1-23-13-16-4-2-3-5-17(16)21-18(19)20-11-10-14-6-8-15(12-22)9-7-14;/h2-9,22H,10-13H2,1H3,(H3,19,20,21);1H. The predicted molar refractivity (Wildman–Crippen MR) is 109 cm³/mol. The van der Waals surface area contributed by atoms with Gasteiger partial charge in [-0.05, 0) is 23.6 Å². The van der Waals surface area contributed by atoms with Crippen LogP contribution in [0.1, 0.15) is 16.7 Å². The van der Waals surface area contributed by atoms with E-state index in [-0.39, 0.29) is 30.6 Å². The highest BCUT2D eigenvalue weighted by Gasteiger charge is 2.02. The number of aliphatic imine (C=N–C) groups is 1. The molecule has 0 radical (unpaired) electrons. The highest BCUT2D eigenvalue weighted by molar-refractivity contribution is 14.0. The molecule has 0 atom stereocenters. The predicted octanol–water partition coefficient (Wildman–Crippen LogP) is 2.91. The minimum Gasteiger partial charge on any atom is -0.392 e. The summed E-state index contributed by atoms with van der Waals surface area (Å²) in [5.41, 5.74) is 9.96. The normalized spacial score (nSPS) is 11.0. The number of aliphatic hydroxyl groups is 1. The molecule has 0 unspecified atom stereocenters. The van der Waals surface area contributed by atoms with E-state index in [1.165, 1.54) is 5.56 Å². The van der Waals surface area contributed by atoms with E-state index >= 15 is 0 Å². The summed E-state index contributed by atoms with van der Waals surface area (Å²) in [6.45, 7) is 1.19. The third-order valence-electron chi connectivity index (χ3n) is 3.47. The minimum absolute atomic E-state index is 0. The van der Waals surface area contributed by atoms with Crippen LogP contribution in [0.25, 0.3) is 0 Å². The zero-order valence-corrected chi connectivity index (χ0v) is 16.1. The Morgan fingerprint density at radius 1 is 1.12 bits per heavy atom. The molecule has 0 spiro atoms. The Labute approximate surface area is 160 Å². The summed E-state index contributed by atoms with van der Waals surface area (Å²) in [4.78, 5) is 4.35. The highest BCUT2D eigenvalue weighted by Crippen LogP contribution is 2.15. The monoisotopic (exact) mass is 441 g/mol. The van der Waals surface area contributed by atoms with E-state index in [0.717, 1.165) is 23.2 Å². The Morgan fingerprint density at radius 2 is 1.79 bits per heavy atom. The number of halogens is 1. The number of guanidine groups is 1. The van der Waals surface area contributed by atoms with Crippen molar-refractivity contribution >= 4 is 35.6 Å². The van der Waals surface area contributed by atoms with Gasteiger partial charge < -0.3 is 20.9 Å². The fourth-order valence-corrected chi connectivity index (χ4v) is 2.22. The van der Waals surface area contributed by atoms with Gasteiger partial charge in [-0.2, -0.15) is 0 Å². The van der Waals surface area contributed by atoms with Gasteiger partial charge in [-0.15, -0.1) is 24.0 Å². The second-order valence-corrected chi connectivity index (χ2v) is 5.21. The average molecular weight is 441 g/mol. The lowest BCUT2D eigenvalue weighted by Crippen LogP contribution is -2.23. The van der Waals surface area contributed by atoms with Crippen molar-refractivity contribution in [3.63, 3.8) is 0 Å². The number of para-hydroxylation sites is 1. The zero-order chi connectivity index (χ0) is 16.5. The molecule has 4 N–H and O–H groups in total. The second-order valence-electron chi connectivity index (χ2n) is 5.21. The highest BCUT2D eigenvalue weighted by atomic mass is 127. The number of nitrogens with two attached hydrogens (primary N) is 1. The largest absolute Gasteiger partial charge is 0.392 e. The smallest absolute Gasteiger partial charge is 0.193 e. The first-order chi connectivity index (χ1) is 11.2. The maximum Gasteiger partial charge on any atom is 0.193 e. The molecule has 0 heterocycles. The number of ether oxygens (including phenoxy) is 1. The number of hydrogen-bond acceptors (Lipinski definition) is 3. The molecule has 0 aromatic heterocycles. The number of nitrogens with one attached hydrogen (secondary N) is 1. The summed E-state index contributed by atoms with van der Waals surface area (Å²) in [6.07, 6.45) is 0.799. The Kier molecular flexibility index (Phi) is 9.36. The van der Waals surface area contributed by atoms with Crippen LogP contribution in [-0.2, 0) is 24.4 Å². The van der Waals surface area contributed by atoms with Crippen LogP contribution in [0.4, 0.5) is 5.69 Å². The van der Waals surface area contributed by atoms with Crippen molar-refractivity contribution < 1.29 is 9.84 Å². The summed E-state index contributed by atoms with van der Waals surface area (Å²) in [6, 6.07) is 15.7. The van der Waals surface area contributed by atoms with Gasteiger partial charge in [0, 0.05) is 24.9 Å². The first-order valence-corrected chi connectivity index (χ1v) is 7.55. The van der Waals surface area contributed by atoms with Crippen molar-refractivity contribution in [1.29, 1.82) is 0 Å². The summed E-state index contributed by atoms with van der Waals surface area (Å²) >= 11 is 0. The van der Waals surface area contributed by atoms with E-state index in [1.54, 1.807) is 7.11 Å². The molecule has 0 aliphatic heterocycles. The Hall–Kier alpha value is -1.64. The maximum absolute atomic E-state index is 9.02. The lowest BCUT2D eigenvalue weighted by Gasteiger charge is -2.10. The van der Waals surface area contributed by atoms with Gasteiger partial charge in [0.1, 0.15) is 0 Å². The van der Waals surface area contributed by atoms with Crippen molar-refractivity contribution in [3.8, 4) is 0 Å². The summed E-state index contributed by atoms with van der Waals surface area (Å²) in [5.74, 6) is 0.389. The van der Waals surface area contributed by atoms with Crippen LogP contribution in [-0.4, -0.2) is 24.7 Å². The molecule has 0 aliphatic rings. The third-order valence-corrected chi connectivity index (χ3v) is 3.47. The zero-order valence-electron chi connectivity index (χ0n) is 13.7. The molecule has 0 saturated carbocycles. The third kappa shape index (κ3) is 6.46. The van der Waals surface area contributed by atoms with Crippen LogP contribution < -0.4 is 11.1 Å². The molecule has 2 aromatic carbocycles. The Bertz CT molecular complexity index is 645. The lowest BCUT2D eigenvalue weighted by atomic mass is 10.1. The number of benzene rings is 2. The molecule has 0 bridgehead atoms. The van der Waals surface area contributed by atoms with E-state index in [2.05, 4.69) is 10.3 Å². The van der Waals surface area contributed by atoms with Gasteiger partial charge in [-0.25, -0.2) is 0 Å². The number of anilines is 1. The Morgan fingerprint density at radius 3 is 2.46 bits per heavy atom. The van der Waals surface area contributed by atoms with Gasteiger partial charge >= 0.3 is 0 Å². The number of aliphatic hydroxyl groups excluding tert-OH is 1. The second kappa shape index (κ2) is 11.0. The molecule has 130 valence electrons. The van der Waals surface area contributed by atoms with E-state index in [4.69, 9.17) is 15.6 Å². The molecule has 0 aliphatic carbocycles. The Balaban J connectivity index is 0.00000288. The van der Waals surface area contributed by atoms with Crippen LogP contribution in [0.2, 0.25) is 0 Å². The van der Waals surface area contributed by atoms with Gasteiger partial charge in [0.2, 0.25) is 0 Å². The van der Waals surface area contributed by atoms with E-state index < -0.39 is 0 Å². The van der Waals surface area contributed by atoms with Gasteiger partial charge in [-0.3, -0.25) is 4.99 Å².